The Morgan fingerprint density at radius 2 is 2.00 bits per heavy atom. The van der Waals surface area contributed by atoms with Crippen LogP contribution in [0.1, 0.15) is 23.2 Å². The van der Waals surface area contributed by atoms with E-state index in [1.807, 2.05) is 6.07 Å². The number of nitrogens with zero attached hydrogens (tertiary/aromatic N) is 1. The Morgan fingerprint density at radius 1 is 1.28 bits per heavy atom. The highest BCUT2D eigenvalue weighted by atomic mass is 16.5. The molecule has 0 bridgehead atoms. The third-order valence-corrected chi connectivity index (χ3v) is 3.73. The van der Waals surface area contributed by atoms with Gasteiger partial charge in [-0.15, -0.1) is 0 Å². The molecule has 0 atom stereocenters. The number of aliphatic hydroxyl groups excluding tert-OH is 1. The molecule has 0 amide bonds. The van der Waals surface area contributed by atoms with E-state index in [4.69, 9.17) is 9.84 Å². The highest BCUT2D eigenvalue weighted by Gasteiger charge is 2.16. The lowest BCUT2D eigenvalue weighted by Gasteiger charge is -2.07. The zero-order valence-corrected chi connectivity index (χ0v) is 11.6. The van der Waals surface area contributed by atoms with E-state index in [9.17, 15) is 0 Å². The van der Waals surface area contributed by atoms with Crippen LogP contribution in [0.25, 0.3) is 10.9 Å². The Balaban J connectivity index is 2.74. The van der Waals surface area contributed by atoms with Crippen molar-refractivity contribution in [1.29, 1.82) is 0 Å². The Kier molecular flexibility index (Phi) is 3.62. The summed E-state index contributed by atoms with van der Waals surface area (Å²) in [6.07, 6.45) is 1.71. The summed E-state index contributed by atoms with van der Waals surface area (Å²) >= 11 is 0. The van der Waals surface area contributed by atoms with Crippen molar-refractivity contribution in [1.82, 2.24) is 4.57 Å². The lowest BCUT2D eigenvalue weighted by atomic mass is 10.0. The fourth-order valence-corrected chi connectivity index (χ4v) is 2.66. The highest BCUT2D eigenvalue weighted by Crippen LogP contribution is 2.34. The Morgan fingerprint density at radius 3 is 2.61 bits per heavy atom. The summed E-state index contributed by atoms with van der Waals surface area (Å²) in [5.74, 6) is 0.913. The molecule has 0 unspecified atom stereocenters. The van der Waals surface area contributed by atoms with Crippen LogP contribution in [-0.4, -0.2) is 23.4 Å². The average Bonchev–Trinajstić information content (AvgIpc) is 2.62. The topological polar surface area (TPSA) is 34.4 Å². The van der Waals surface area contributed by atoms with Crippen molar-refractivity contribution in [3.8, 4) is 5.75 Å². The molecule has 3 nitrogen and oxygen atoms in total. The second kappa shape index (κ2) is 5.02. The monoisotopic (exact) mass is 247 g/mol. The van der Waals surface area contributed by atoms with Gasteiger partial charge in [-0.05, 0) is 43.9 Å². The number of rotatable bonds is 4. The Hall–Kier alpha value is -1.48. The molecule has 3 heteroatoms. The molecular formula is C15H21NO2. The number of fused-ring (bicyclic) bond motifs is 1. The van der Waals surface area contributed by atoms with Crippen LogP contribution in [0.4, 0.5) is 0 Å². The molecule has 0 aliphatic rings. The molecule has 1 aromatic carbocycles. The summed E-state index contributed by atoms with van der Waals surface area (Å²) in [4.78, 5) is 0. The molecule has 1 heterocycles. The van der Waals surface area contributed by atoms with Gasteiger partial charge in [-0.25, -0.2) is 0 Å². The molecule has 0 aliphatic carbocycles. The summed E-state index contributed by atoms with van der Waals surface area (Å²) in [6.45, 7) is 4.49. The zero-order valence-electron chi connectivity index (χ0n) is 11.6. The first-order valence-electron chi connectivity index (χ1n) is 6.34. The van der Waals surface area contributed by atoms with Crippen molar-refractivity contribution in [3.05, 3.63) is 29.0 Å². The Labute approximate surface area is 108 Å². The number of aromatic nitrogens is 1. The quantitative estimate of drug-likeness (QED) is 0.901. The number of aliphatic hydroxyl groups is 1. The molecule has 18 heavy (non-hydrogen) atoms. The summed E-state index contributed by atoms with van der Waals surface area (Å²) in [5.41, 5.74) is 5.01. The van der Waals surface area contributed by atoms with Gasteiger partial charge < -0.3 is 14.4 Å². The zero-order chi connectivity index (χ0) is 13.3. The molecule has 1 N–H and O–H groups in total. The number of benzene rings is 1. The number of methoxy groups -OCH3 is 1. The van der Waals surface area contributed by atoms with E-state index in [-0.39, 0.29) is 6.61 Å². The van der Waals surface area contributed by atoms with Crippen LogP contribution in [0.15, 0.2) is 12.1 Å². The van der Waals surface area contributed by atoms with Gasteiger partial charge in [0.25, 0.3) is 0 Å². The van der Waals surface area contributed by atoms with Gasteiger partial charge in [0.1, 0.15) is 5.75 Å². The van der Waals surface area contributed by atoms with Crippen LogP contribution in [0.2, 0.25) is 0 Å². The van der Waals surface area contributed by atoms with E-state index >= 15 is 0 Å². The first-order valence-corrected chi connectivity index (χ1v) is 6.34. The van der Waals surface area contributed by atoms with Crippen molar-refractivity contribution >= 4 is 10.9 Å². The van der Waals surface area contributed by atoms with Gasteiger partial charge in [-0.2, -0.15) is 0 Å². The van der Waals surface area contributed by atoms with E-state index in [1.54, 1.807) is 7.11 Å². The SMILES string of the molecule is COc1ccc(C)c2c(CCCO)c(C)n(C)c12. The second-order valence-electron chi connectivity index (χ2n) is 4.76. The maximum atomic E-state index is 9.04. The lowest BCUT2D eigenvalue weighted by molar-refractivity contribution is 0.288. The second-order valence-corrected chi connectivity index (χ2v) is 4.76. The average molecular weight is 247 g/mol. The first-order chi connectivity index (χ1) is 8.61. The van der Waals surface area contributed by atoms with Crippen LogP contribution >= 0.6 is 0 Å². The van der Waals surface area contributed by atoms with Crippen molar-refractivity contribution < 1.29 is 9.84 Å². The van der Waals surface area contributed by atoms with Crippen LogP contribution < -0.4 is 4.74 Å². The summed E-state index contributed by atoms with van der Waals surface area (Å²) in [7, 11) is 3.78. The number of hydrogen-bond acceptors (Lipinski definition) is 2. The molecule has 0 fully saturated rings. The minimum Gasteiger partial charge on any atom is -0.495 e. The number of ether oxygens (including phenoxy) is 1. The summed E-state index contributed by atoms with van der Waals surface area (Å²) < 4.78 is 7.65. The largest absolute Gasteiger partial charge is 0.495 e. The standard InChI is InChI=1S/C15H21NO2/c1-10-7-8-13(18-4)15-14(10)12(6-5-9-17)11(2)16(15)3/h7-8,17H,5-6,9H2,1-4H3. The van der Waals surface area contributed by atoms with Crippen LogP contribution in [-0.2, 0) is 13.5 Å². The fraction of sp³-hybridized carbons (Fsp3) is 0.467. The summed E-state index contributed by atoms with van der Waals surface area (Å²) in [5, 5.41) is 10.3. The first kappa shape index (κ1) is 13.0. The van der Waals surface area contributed by atoms with Gasteiger partial charge >= 0.3 is 0 Å². The predicted molar refractivity (Wildman–Crippen MR) is 74.4 cm³/mol. The molecule has 0 aliphatic heterocycles. The number of aryl methyl sites for hydroxylation is 3. The molecule has 0 saturated carbocycles. The third-order valence-electron chi connectivity index (χ3n) is 3.73. The van der Waals surface area contributed by atoms with Gasteiger partial charge in [-0.3, -0.25) is 0 Å². The predicted octanol–water partition coefficient (Wildman–Crippen LogP) is 2.73. The molecule has 2 rings (SSSR count). The van der Waals surface area contributed by atoms with Crippen molar-refractivity contribution in [2.24, 2.45) is 7.05 Å². The van der Waals surface area contributed by atoms with Crippen molar-refractivity contribution in [3.63, 3.8) is 0 Å². The van der Waals surface area contributed by atoms with E-state index in [0.717, 1.165) is 24.1 Å². The molecule has 0 spiro atoms. The van der Waals surface area contributed by atoms with Gasteiger partial charge in [0.2, 0.25) is 0 Å². The Bertz CT molecular complexity index is 570. The molecule has 1 aromatic heterocycles. The fourth-order valence-electron chi connectivity index (χ4n) is 2.66. The van der Waals surface area contributed by atoms with Crippen LogP contribution in [0.5, 0.6) is 5.75 Å². The summed E-state index contributed by atoms with van der Waals surface area (Å²) in [6, 6.07) is 4.12. The van der Waals surface area contributed by atoms with Crippen LogP contribution in [0, 0.1) is 13.8 Å². The van der Waals surface area contributed by atoms with E-state index in [0.29, 0.717) is 0 Å². The van der Waals surface area contributed by atoms with Crippen LogP contribution in [0.3, 0.4) is 0 Å². The molecule has 0 saturated heterocycles. The lowest BCUT2D eigenvalue weighted by Crippen LogP contribution is -1.95. The maximum absolute atomic E-state index is 9.04. The van der Waals surface area contributed by atoms with Gasteiger partial charge in [0.15, 0.2) is 0 Å². The van der Waals surface area contributed by atoms with E-state index in [2.05, 4.69) is 31.5 Å². The number of hydrogen-bond donors (Lipinski definition) is 1. The smallest absolute Gasteiger partial charge is 0.143 e. The minimum atomic E-state index is 0.235. The van der Waals surface area contributed by atoms with Gasteiger partial charge in [0, 0.05) is 24.7 Å². The maximum Gasteiger partial charge on any atom is 0.143 e. The highest BCUT2D eigenvalue weighted by molar-refractivity contribution is 5.93. The molecule has 0 radical (unpaired) electrons. The van der Waals surface area contributed by atoms with Gasteiger partial charge in [0.05, 0.1) is 12.6 Å². The van der Waals surface area contributed by atoms with Crippen molar-refractivity contribution in [2.75, 3.05) is 13.7 Å². The van der Waals surface area contributed by atoms with E-state index < -0.39 is 0 Å². The van der Waals surface area contributed by atoms with Gasteiger partial charge in [-0.1, -0.05) is 6.07 Å². The molecule has 98 valence electrons. The molecular weight excluding hydrogens is 226 g/mol. The third kappa shape index (κ3) is 1.89. The normalized spacial score (nSPS) is 11.2. The molecule has 2 aromatic rings. The minimum absolute atomic E-state index is 0.235. The van der Waals surface area contributed by atoms with Crippen molar-refractivity contribution in [2.45, 2.75) is 26.7 Å². The van der Waals surface area contributed by atoms with E-state index in [1.165, 1.54) is 22.2 Å².